The van der Waals surface area contributed by atoms with Gasteiger partial charge in [0.2, 0.25) is 15.9 Å². The number of rotatable bonds is 3. The Morgan fingerprint density at radius 1 is 1.03 bits per heavy atom. The number of nitrogens with zero attached hydrogens (tertiary/aromatic N) is 2. The van der Waals surface area contributed by atoms with Gasteiger partial charge in [-0.3, -0.25) is 4.79 Å². The summed E-state index contributed by atoms with van der Waals surface area (Å²) in [6, 6.07) is 5.34. The van der Waals surface area contributed by atoms with Crippen LogP contribution in [-0.2, 0) is 14.8 Å². The molecule has 160 valence electrons. The number of likely N-dealkylation sites (tertiary alicyclic amines) is 1. The predicted octanol–water partition coefficient (Wildman–Crippen LogP) is 4.37. The summed E-state index contributed by atoms with van der Waals surface area (Å²) in [6.07, 6.45) is 9.36. The van der Waals surface area contributed by atoms with E-state index in [1.807, 2.05) is 0 Å². The maximum absolute atomic E-state index is 13.5. The molecule has 0 N–H and O–H groups in total. The van der Waals surface area contributed by atoms with Gasteiger partial charge in [-0.05, 0) is 56.7 Å². The van der Waals surface area contributed by atoms with Gasteiger partial charge in [0.05, 0.1) is 10.3 Å². The van der Waals surface area contributed by atoms with Crippen molar-refractivity contribution >= 4 is 27.5 Å². The van der Waals surface area contributed by atoms with E-state index in [0.717, 1.165) is 38.6 Å². The Kier molecular flexibility index (Phi) is 5.97. The molecule has 0 bridgehead atoms. The molecule has 1 unspecified atom stereocenters. The average molecular weight is 439 g/mol. The van der Waals surface area contributed by atoms with Gasteiger partial charge in [-0.1, -0.05) is 43.4 Å². The Labute approximate surface area is 179 Å². The van der Waals surface area contributed by atoms with Gasteiger partial charge in [0.15, 0.2) is 0 Å². The highest BCUT2D eigenvalue weighted by Gasteiger charge is 2.52. The molecular formula is C22H31ClN2O3S. The Morgan fingerprint density at radius 3 is 2.48 bits per heavy atom. The maximum Gasteiger partial charge on any atom is 0.243 e. The van der Waals surface area contributed by atoms with E-state index in [4.69, 9.17) is 11.6 Å². The van der Waals surface area contributed by atoms with Crippen LogP contribution in [0.4, 0.5) is 0 Å². The van der Waals surface area contributed by atoms with Crippen LogP contribution in [0.5, 0.6) is 0 Å². The molecule has 0 radical (unpaired) electrons. The van der Waals surface area contributed by atoms with Crippen molar-refractivity contribution in [1.29, 1.82) is 0 Å². The lowest BCUT2D eigenvalue weighted by atomic mass is 9.79. The monoisotopic (exact) mass is 438 g/mol. The predicted molar refractivity (Wildman–Crippen MR) is 114 cm³/mol. The standard InChI is InChI=1S/C22H31ClN2O3S/c1-17-19(23)10-6-11-20(17)29(27,28)24-14-7-12-22(16-24)13-15-25(21(22)26)18-8-4-2-3-5-9-18/h6,10-11,18H,2-5,7-9,12-16H2,1H3. The van der Waals surface area contributed by atoms with Crippen LogP contribution in [0, 0.1) is 12.3 Å². The second kappa shape index (κ2) is 8.20. The van der Waals surface area contributed by atoms with E-state index in [9.17, 15) is 13.2 Å². The number of benzene rings is 1. The van der Waals surface area contributed by atoms with Crippen molar-refractivity contribution in [1.82, 2.24) is 9.21 Å². The normalized spacial score (nSPS) is 27.5. The third-order valence-electron chi connectivity index (χ3n) is 7.19. The Morgan fingerprint density at radius 2 is 1.76 bits per heavy atom. The molecule has 1 aromatic rings. The van der Waals surface area contributed by atoms with Crippen molar-refractivity contribution in [2.45, 2.75) is 75.6 Å². The lowest BCUT2D eigenvalue weighted by molar-refractivity contribution is -0.139. The summed E-state index contributed by atoms with van der Waals surface area (Å²) >= 11 is 6.18. The van der Waals surface area contributed by atoms with Gasteiger partial charge in [-0.25, -0.2) is 8.42 Å². The third-order valence-corrected chi connectivity index (χ3v) is 9.59. The molecule has 1 saturated carbocycles. The Balaban J connectivity index is 1.56. The summed E-state index contributed by atoms with van der Waals surface area (Å²) in [5.41, 5.74) is 0.0241. The number of hydrogen-bond acceptors (Lipinski definition) is 3. The Bertz CT molecular complexity index is 880. The summed E-state index contributed by atoms with van der Waals surface area (Å²) in [5, 5.41) is 0.453. The molecule has 3 fully saturated rings. The highest BCUT2D eigenvalue weighted by molar-refractivity contribution is 7.89. The van der Waals surface area contributed by atoms with Gasteiger partial charge < -0.3 is 4.90 Å². The van der Waals surface area contributed by atoms with Crippen LogP contribution in [0.2, 0.25) is 5.02 Å². The van der Waals surface area contributed by atoms with Crippen molar-refractivity contribution in [3.8, 4) is 0 Å². The first-order chi connectivity index (χ1) is 13.8. The minimum atomic E-state index is -3.67. The third kappa shape index (κ3) is 3.84. The minimum absolute atomic E-state index is 0.187. The van der Waals surface area contributed by atoms with E-state index >= 15 is 0 Å². The largest absolute Gasteiger partial charge is 0.339 e. The van der Waals surface area contributed by atoms with Crippen LogP contribution in [0.25, 0.3) is 0 Å². The Hall–Kier alpha value is -1.11. The first kappa shape index (κ1) is 21.1. The molecular weight excluding hydrogens is 408 g/mol. The zero-order valence-electron chi connectivity index (χ0n) is 17.2. The summed E-state index contributed by atoms with van der Waals surface area (Å²) in [5.74, 6) is 0.187. The van der Waals surface area contributed by atoms with Crippen LogP contribution >= 0.6 is 11.6 Å². The SMILES string of the molecule is Cc1c(Cl)cccc1S(=O)(=O)N1CCCC2(CCN(C3CCCCCC3)C2=O)C1. The van der Waals surface area contributed by atoms with Crippen molar-refractivity contribution in [3.05, 3.63) is 28.8 Å². The fraction of sp³-hybridized carbons (Fsp3) is 0.682. The molecule has 29 heavy (non-hydrogen) atoms. The zero-order valence-corrected chi connectivity index (χ0v) is 18.8. The number of amides is 1. The molecule has 4 rings (SSSR count). The molecule has 1 amide bonds. The molecule has 2 aliphatic heterocycles. The van der Waals surface area contributed by atoms with Gasteiger partial charge in [0.25, 0.3) is 0 Å². The number of hydrogen-bond donors (Lipinski definition) is 0. The van der Waals surface area contributed by atoms with Gasteiger partial charge >= 0.3 is 0 Å². The van der Waals surface area contributed by atoms with Crippen LogP contribution in [-0.4, -0.2) is 49.2 Å². The lowest BCUT2D eigenvalue weighted by Gasteiger charge is -2.39. The van der Waals surface area contributed by atoms with E-state index in [2.05, 4.69) is 4.90 Å². The van der Waals surface area contributed by atoms with Crippen LogP contribution in [0.15, 0.2) is 23.1 Å². The number of halogens is 1. The lowest BCUT2D eigenvalue weighted by Crippen LogP contribution is -2.51. The molecule has 2 saturated heterocycles. The van der Waals surface area contributed by atoms with E-state index < -0.39 is 15.4 Å². The quantitative estimate of drug-likeness (QED) is 0.658. The molecule has 7 heteroatoms. The van der Waals surface area contributed by atoms with Crippen molar-refractivity contribution in [3.63, 3.8) is 0 Å². The van der Waals surface area contributed by atoms with Gasteiger partial charge in [0.1, 0.15) is 0 Å². The van der Waals surface area contributed by atoms with E-state index in [1.54, 1.807) is 25.1 Å². The van der Waals surface area contributed by atoms with Gasteiger partial charge in [-0.15, -0.1) is 0 Å². The van der Waals surface area contributed by atoms with Gasteiger partial charge in [-0.2, -0.15) is 4.31 Å². The average Bonchev–Trinajstić information content (AvgIpc) is 2.89. The smallest absolute Gasteiger partial charge is 0.243 e. The van der Waals surface area contributed by atoms with E-state index in [1.165, 1.54) is 30.0 Å². The van der Waals surface area contributed by atoms with E-state index in [-0.39, 0.29) is 10.8 Å². The molecule has 0 aromatic heterocycles. The summed E-state index contributed by atoms with van der Waals surface area (Å²) < 4.78 is 28.3. The van der Waals surface area contributed by atoms with Gasteiger partial charge in [0, 0.05) is 30.7 Å². The number of piperidine rings is 1. The second-order valence-electron chi connectivity index (χ2n) is 8.98. The number of carbonyl (C=O) groups is 1. The number of sulfonamides is 1. The van der Waals surface area contributed by atoms with Crippen LogP contribution < -0.4 is 0 Å². The second-order valence-corrected chi connectivity index (χ2v) is 11.3. The molecule has 1 aromatic carbocycles. The maximum atomic E-state index is 13.5. The molecule has 1 spiro atoms. The van der Waals surface area contributed by atoms with E-state index in [0.29, 0.717) is 29.7 Å². The topological polar surface area (TPSA) is 57.7 Å². The van der Waals surface area contributed by atoms with Crippen LogP contribution in [0.1, 0.15) is 63.4 Å². The minimum Gasteiger partial charge on any atom is -0.339 e. The van der Waals surface area contributed by atoms with Crippen molar-refractivity contribution in [2.24, 2.45) is 5.41 Å². The summed E-state index contributed by atoms with van der Waals surface area (Å²) in [4.78, 5) is 15.9. The van der Waals surface area contributed by atoms with Crippen molar-refractivity contribution in [2.75, 3.05) is 19.6 Å². The first-order valence-corrected chi connectivity index (χ1v) is 12.7. The molecule has 1 atom stereocenters. The summed E-state index contributed by atoms with van der Waals surface area (Å²) in [7, 11) is -3.67. The molecule has 3 aliphatic rings. The van der Waals surface area contributed by atoms with Crippen LogP contribution in [0.3, 0.4) is 0 Å². The highest BCUT2D eigenvalue weighted by atomic mass is 35.5. The fourth-order valence-electron chi connectivity index (χ4n) is 5.44. The zero-order chi connectivity index (χ0) is 20.6. The molecule has 2 heterocycles. The van der Waals surface area contributed by atoms with Crippen molar-refractivity contribution < 1.29 is 13.2 Å². The summed E-state index contributed by atoms with van der Waals surface area (Å²) in [6.45, 7) is 3.27. The number of carbonyl (C=O) groups excluding carboxylic acids is 1. The highest BCUT2D eigenvalue weighted by Crippen LogP contribution is 2.43. The molecule has 1 aliphatic carbocycles. The molecule has 5 nitrogen and oxygen atoms in total. The first-order valence-electron chi connectivity index (χ1n) is 10.9. The fourth-order valence-corrected chi connectivity index (χ4v) is 7.49.